The van der Waals surface area contributed by atoms with Crippen LogP contribution in [0.3, 0.4) is 0 Å². The third-order valence-electron chi connectivity index (χ3n) is 1.95. The van der Waals surface area contributed by atoms with Gasteiger partial charge in [-0.05, 0) is 19.5 Å². The Labute approximate surface area is 62.2 Å². The van der Waals surface area contributed by atoms with Crippen LogP contribution >= 0.6 is 0 Å². The molecule has 0 aromatic carbocycles. The van der Waals surface area contributed by atoms with Gasteiger partial charge in [-0.3, -0.25) is 0 Å². The highest BCUT2D eigenvalue weighted by atomic mass is 16.5. The summed E-state index contributed by atoms with van der Waals surface area (Å²) in [6, 6.07) is 0. The van der Waals surface area contributed by atoms with Crippen molar-refractivity contribution in [3.63, 3.8) is 0 Å². The van der Waals surface area contributed by atoms with Crippen molar-refractivity contribution in [2.24, 2.45) is 0 Å². The third kappa shape index (κ3) is 2.64. The van der Waals surface area contributed by atoms with Gasteiger partial charge in [0.1, 0.15) is 0 Å². The lowest BCUT2D eigenvalue weighted by atomic mass is 10.2. The van der Waals surface area contributed by atoms with E-state index in [9.17, 15) is 5.21 Å². The van der Waals surface area contributed by atoms with Crippen molar-refractivity contribution in [1.29, 1.82) is 0 Å². The van der Waals surface area contributed by atoms with Crippen molar-refractivity contribution in [3.8, 4) is 0 Å². The molecule has 1 saturated heterocycles. The summed E-state index contributed by atoms with van der Waals surface area (Å²) in [5, 5.41) is 10.8. The first kappa shape index (κ1) is 7.98. The minimum Gasteiger partial charge on any atom is -0.634 e. The number of nitrogens with one attached hydrogen (secondary N) is 1. The van der Waals surface area contributed by atoms with Crippen LogP contribution < -0.4 is 5.06 Å². The maximum Gasteiger partial charge on any atom is 0.0778 e. The molecular formula is C7H16N2O. The molecule has 3 nitrogen and oxygen atoms in total. The number of quaternary nitrogens is 1. The van der Waals surface area contributed by atoms with Crippen LogP contribution in [0.2, 0.25) is 0 Å². The standard InChI is InChI=1S/C7H16N2O/c1-8(10)4-2-5-9-6-3-7-9/h8H,2-7H2,1H3. The Kier molecular flexibility index (Phi) is 3.12. The fourth-order valence-corrected chi connectivity index (χ4v) is 1.16. The van der Waals surface area contributed by atoms with E-state index in [1.807, 2.05) is 0 Å². The summed E-state index contributed by atoms with van der Waals surface area (Å²) < 4.78 is 0. The van der Waals surface area contributed by atoms with E-state index in [1.54, 1.807) is 7.05 Å². The molecule has 1 heterocycles. The second kappa shape index (κ2) is 3.91. The van der Waals surface area contributed by atoms with Crippen molar-refractivity contribution < 1.29 is 5.06 Å². The van der Waals surface area contributed by atoms with Gasteiger partial charge in [0.2, 0.25) is 0 Å². The first-order valence-electron chi connectivity index (χ1n) is 4.01. The van der Waals surface area contributed by atoms with Crippen LogP contribution in [-0.2, 0) is 0 Å². The second-order valence-corrected chi connectivity index (χ2v) is 3.00. The fourth-order valence-electron chi connectivity index (χ4n) is 1.16. The van der Waals surface area contributed by atoms with Gasteiger partial charge in [0.15, 0.2) is 0 Å². The Balaban J connectivity index is 1.85. The molecule has 0 saturated carbocycles. The zero-order valence-corrected chi connectivity index (χ0v) is 6.60. The second-order valence-electron chi connectivity index (χ2n) is 3.00. The number of rotatable bonds is 4. The minimum atomic E-state index is 0.320. The van der Waals surface area contributed by atoms with Crippen LogP contribution in [0.15, 0.2) is 0 Å². The fraction of sp³-hybridized carbons (Fsp3) is 1.00. The minimum absolute atomic E-state index is 0.320. The Morgan fingerprint density at radius 2 is 2.20 bits per heavy atom. The zero-order chi connectivity index (χ0) is 7.40. The van der Waals surface area contributed by atoms with Crippen molar-refractivity contribution in [2.75, 3.05) is 33.2 Å². The van der Waals surface area contributed by atoms with Gasteiger partial charge in [0.25, 0.3) is 0 Å². The summed E-state index contributed by atoms with van der Waals surface area (Å²) in [4.78, 5) is 2.39. The van der Waals surface area contributed by atoms with Crippen LogP contribution in [0.25, 0.3) is 0 Å². The van der Waals surface area contributed by atoms with E-state index < -0.39 is 0 Å². The molecule has 0 bridgehead atoms. The summed E-state index contributed by atoms with van der Waals surface area (Å²) in [6.07, 6.45) is 2.40. The van der Waals surface area contributed by atoms with Gasteiger partial charge in [-0.15, -0.1) is 0 Å². The SMILES string of the molecule is C[NH+]([O-])CCCN1CCC1. The van der Waals surface area contributed by atoms with E-state index in [-0.39, 0.29) is 0 Å². The Morgan fingerprint density at radius 1 is 1.50 bits per heavy atom. The van der Waals surface area contributed by atoms with Gasteiger partial charge in [-0.2, -0.15) is 0 Å². The van der Waals surface area contributed by atoms with E-state index in [0.29, 0.717) is 5.06 Å². The molecule has 0 amide bonds. The van der Waals surface area contributed by atoms with Crippen molar-refractivity contribution in [1.82, 2.24) is 4.90 Å². The van der Waals surface area contributed by atoms with E-state index >= 15 is 0 Å². The molecule has 1 N–H and O–H groups in total. The Morgan fingerprint density at radius 3 is 2.60 bits per heavy atom. The topological polar surface area (TPSA) is 30.7 Å². The molecule has 3 heteroatoms. The van der Waals surface area contributed by atoms with Crippen LogP contribution in [0.4, 0.5) is 0 Å². The number of hydrogen-bond acceptors (Lipinski definition) is 2. The van der Waals surface area contributed by atoms with Gasteiger partial charge < -0.3 is 15.2 Å². The summed E-state index contributed by atoms with van der Waals surface area (Å²) in [5.74, 6) is 0. The molecule has 0 radical (unpaired) electrons. The van der Waals surface area contributed by atoms with Gasteiger partial charge >= 0.3 is 0 Å². The van der Waals surface area contributed by atoms with Crippen LogP contribution in [-0.4, -0.2) is 38.1 Å². The predicted octanol–water partition coefficient (Wildman–Crippen LogP) is -0.905. The number of hydroxylamine groups is 2. The summed E-state index contributed by atoms with van der Waals surface area (Å²) in [6.45, 7) is 4.38. The van der Waals surface area contributed by atoms with Gasteiger partial charge in [-0.1, -0.05) is 0 Å². The summed E-state index contributed by atoms with van der Waals surface area (Å²) in [5.41, 5.74) is 0. The first-order chi connectivity index (χ1) is 4.79. The Hall–Kier alpha value is -0.120. The van der Waals surface area contributed by atoms with Crippen LogP contribution in [0.5, 0.6) is 0 Å². The molecule has 0 spiro atoms. The molecule has 0 aliphatic carbocycles. The van der Waals surface area contributed by atoms with E-state index in [1.165, 1.54) is 19.5 Å². The molecule has 0 aromatic rings. The molecule has 1 unspecified atom stereocenters. The molecule has 1 aliphatic rings. The predicted molar refractivity (Wildman–Crippen MR) is 40.8 cm³/mol. The largest absolute Gasteiger partial charge is 0.634 e. The van der Waals surface area contributed by atoms with Crippen LogP contribution in [0.1, 0.15) is 12.8 Å². The van der Waals surface area contributed by atoms with Gasteiger partial charge in [0, 0.05) is 13.0 Å². The average molecular weight is 144 g/mol. The third-order valence-corrected chi connectivity index (χ3v) is 1.95. The monoisotopic (exact) mass is 144 g/mol. The molecular weight excluding hydrogens is 128 g/mol. The summed E-state index contributed by atoms with van der Waals surface area (Å²) in [7, 11) is 1.66. The van der Waals surface area contributed by atoms with E-state index in [4.69, 9.17) is 0 Å². The van der Waals surface area contributed by atoms with E-state index in [0.717, 1.165) is 19.5 Å². The first-order valence-corrected chi connectivity index (χ1v) is 4.01. The van der Waals surface area contributed by atoms with Gasteiger partial charge in [0.05, 0.1) is 13.6 Å². The van der Waals surface area contributed by atoms with Gasteiger partial charge in [-0.25, -0.2) is 0 Å². The normalized spacial score (nSPS) is 22.2. The summed E-state index contributed by atoms with van der Waals surface area (Å²) >= 11 is 0. The number of hydrogen-bond donors (Lipinski definition) is 1. The highest BCUT2D eigenvalue weighted by molar-refractivity contribution is 4.67. The maximum absolute atomic E-state index is 10.5. The maximum atomic E-state index is 10.5. The average Bonchev–Trinajstić information content (AvgIpc) is 1.75. The van der Waals surface area contributed by atoms with Crippen molar-refractivity contribution in [3.05, 3.63) is 5.21 Å². The molecule has 1 fully saturated rings. The zero-order valence-electron chi connectivity index (χ0n) is 6.60. The Bertz CT molecular complexity index is 91.6. The molecule has 0 aromatic heterocycles. The highest BCUT2D eigenvalue weighted by Gasteiger charge is 2.12. The lowest BCUT2D eigenvalue weighted by Gasteiger charge is -2.31. The molecule has 1 rings (SSSR count). The van der Waals surface area contributed by atoms with Crippen LogP contribution in [0, 0.1) is 5.21 Å². The quantitative estimate of drug-likeness (QED) is 0.518. The number of nitrogens with zero attached hydrogens (tertiary/aromatic N) is 1. The molecule has 10 heavy (non-hydrogen) atoms. The molecule has 1 aliphatic heterocycles. The highest BCUT2D eigenvalue weighted by Crippen LogP contribution is 2.04. The smallest absolute Gasteiger partial charge is 0.0778 e. The lowest BCUT2D eigenvalue weighted by molar-refractivity contribution is -0.826. The van der Waals surface area contributed by atoms with E-state index in [2.05, 4.69) is 4.90 Å². The lowest BCUT2D eigenvalue weighted by Crippen LogP contribution is -3.03. The van der Waals surface area contributed by atoms with Crippen molar-refractivity contribution >= 4 is 0 Å². The molecule has 1 atom stereocenters. The number of likely N-dealkylation sites (tertiary alicyclic amines) is 1. The van der Waals surface area contributed by atoms with Crippen molar-refractivity contribution in [2.45, 2.75) is 12.8 Å². The molecule has 60 valence electrons.